The van der Waals surface area contributed by atoms with Crippen molar-refractivity contribution in [1.82, 2.24) is 10.2 Å². The fourth-order valence-electron chi connectivity index (χ4n) is 3.40. The van der Waals surface area contributed by atoms with Crippen LogP contribution < -0.4 is 5.32 Å². The summed E-state index contributed by atoms with van der Waals surface area (Å²) in [5.74, 6) is 0.892. The highest BCUT2D eigenvalue weighted by molar-refractivity contribution is 7.14. The van der Waals surface area contributed by atoms with Gasteiger partial charge in [0.2, 0.25) is 0 Å². The number of carbonyl (C=O) groups excluding carboxylic acids is 1. The monoisotopic (exact) mass is 328 g/mol. The lowest BCUT2D eigenvalue weighted by molar-refractivity contribution is 0.0792. The normalized spacial score (nSPS) is 21.6. The lowest BCUT2D eigenvalue weighted by Gasteiger charge is -2.15. The number of carbonyl (C=O) groups is 1. The van der Waals surface area contributed by atoms with Crippen molar-refractivity contribution in [1.29, 1.82) is 0 Å². The van der Waals surface area contributed by atoms with Crippen molar-refractivity contribution in [2.45, 2.75) is 38.5 Å². The van der Waals surface area contributed by atoms with Gasteiger partial charge in [-0.3, -0.25) is 4.79 Å². The summed E-state index contributed by atoms with van der Waals surface area (Å²) < 4.78 is 0. The van der Waals surface area contributed by atoms with Crippen LogP contribution in [0.25, 0.3) is 0 Å². The standard InChI is InChI=1S/C16H24N2OS.ClH/c1-17-10-12-7-8-18(11-12)16(19)15-9-13-5-3-2-4-6-14(13)20-15;/h9,12,17H,2-8,10-11H2,1H3;1H. The minimum Gasteiger partial charge on any atom is -0.338 e. The first-order valence-electron chi connectivity index (χ1n) is 7.83. The van der Waals surface area contributed by atoms with Crippen molar-refractivity contribution < 1.29 is 4.79 Å². The molecule has 3 rings (SSSR count). The fourth-order valence-corrected chi connectivity index (χ4v) is 4.62. The number of hydrogen-bond acceptors (Lipinski definition) is 3. The van der Waals surface area contributed by atoms with Gasteiger partial charge < -0.3 is 10.2 Å². The molecule has 1 aliphatic carbocycles. The van der Waals surface area contributed by atoms with Crippen LogP contribution in [0.4, 0.5) is 0 Å². The minimum absolute atomic E-state index is 0. The average Bonchev–Trinajstić information content (AvgIpc) is 3.01. The SMILES string of the molecule is CNCC1CCN(C(=O)c2cc3c(s2)CCCCC3)C1.Cl. The smallest absolute Gasteiger partial charge is 0.263 e. The topological polar surface area (TPSA) is 32.3 Å². The lowest BCUT2D eigenvalue weighted by Crippen LogP contribution is -2.29. The average molecular weight is 329 g/mol. The van der Waals surface area contributed by atoms with Crippen LogP contribution in [0, 0.1) is 5.92 Å². The molecule has 0 saturated carbocycles. The second-order valence-electron chi connectivity index (χ2n) is 6.08. The summed E-state index contributed by atoms with van der Waals surface area (Å²) >= 11 is 1.75. The summed E-state index contributed by atoms with van der Waals surface area (Å²) in [6.07, 6.45) is 7.39. The van der Waals surface area contributed by atoms with Gasteiger partial charge in [-0.25, -0.2) is 0 Å². The molecule has 1 amide bonds. The molecule has 1 aromatic rings. The Morgan fingerprint density at radius 1 is 1.38 bits per heavy atom. The molecule has 21 heavy (non-hydrogen) atoms. The van der Waals surface area contributed by atoms with E-state index in [9.17, 15) is 4.79 Å². The number of likely N-dealkylation sites (tertiary alicyclic amines) is 1. The molecule has 2 aliphatic rings. The maximum absolute atomic E-state index is 12.6. The summed E-state index contributed by atoms with van der Waals surface area (Å²) in [4.78, 5) is 17.1. The Morgan fingerprint density at radius 2 is 2.19 bits per heavy atom. The van der Waals surface area contributed by atoms with Gasteiger partial charge in [0.15, 0.2) is 0 Å². The zero-order chi connectivity index (χ0) is 13.9. The number of fused-ring (bicyclic) bond motifs is 1. The number of aryl methyl sites for hydroxylation is 2. The second-order valence-corrected chi connectivity index (χ2v) is 7.22. The molecule has 0 spiro atoms. The van der Waals surface area contributed by atoms with Crippen LogP contribution in [-0.4, -0.2) is 37.5 Å². The maximum atomic E-state index is 12.6. The van der Waals surface area contributed by atoms with Crippen molar-refractivity contribution in [3.8, 4) is 0 Å². The number of hydrogen-bond donors (Lipinski definition) is 1. The van der Waals surface area contributed by atoms with Crippen molar-refractivity contribution in [3.05, 3.63) is 21.4 Å². The third-order valence-corrected chi connectivity index (χ3v) is 5.75. The van der Waals surface area contributed by atoms with Gasteiger partial charge in [-0.1, -0.05) is 6.42 Å². The first kappa shape index (κ1) is 16.8. The zero-order valence-corrected chi connectivity index (χ0v) is 14.3. The van der Waals surface area contributed by atoms with E-state index in [2.05, 4.69) is 11.4 Å². The quantitative estimate of drug-likeness (QED) is 0.865. The Bertz CT molecular complexity index is 465. The van der Waals surface area contributed by atoms with Crippen LogP contribution >= 0.6 is 23.7 Å². The van der Waals surface area contributed by atoms with Crippen molar-refractivity contribution in [2.75, 3.05) is 26.7 Å². The zero-order valence-electron chi connectivity index (χ0n) is 12.7. The Balaban J connectivity index is 0.00000161. The highest BCUT2D eigenvalue weighted by Gasteiger charge is 2.28. The molecule has 0 radical (unpaired) electrons. The molecule has 3 nitrogen and oxygen atoms in total. The Labute approximate surface area is 137 Å². The predicted molar refractivity (Wildman–Crippen MR) is 90.8 cm³/mol. The van der Waals surface area contributed by atoms with Gasteiger partial charge in [0.1, 0.15) is 0 Å². The van der Waals surface area contributed by atoms with E-state index in [0.29, 0.717) is 5.92 Å². The maximum Gasteiger partial charge on any atom is 0.263 e. The van der Waals surface area contributed by atoms with Crippen LogP contribution in [0.5, 0.6) is 0 Å². The van der Waals surface area contributed by atoms with Crippen LogP contribution in [-0.2, 0) is 12.8 Å². The number of halogens is 1. The van der Waals surface area contributed by atoms with E-state index in [0.717, 1.165) is 30.9 Å². The molecule has 1 fully saturated rings. The first-order chi connectivity index (χ1) is 9.78. The van der Waals surface area contributed by atoms with E-state index in [1.165, 1.54) is 42.5 Å². The van der Waals surface area contributed by atoms with Crippen LogP contribution in [0.2, 0.25) is 0 Å². The molecule has 1 aromatic heterocycles. The van der Waals surface area contributed by atoms with E-state index in [1.54, 1.807) is 11.3 Å². The van der Waals surface area contributed by atoms with Gasteiger partial charge in [0, 0.05) is 18.0 Å². The van der Waals surface area contributed by atoms with Gasteiger partial charge in [-0.15, -0.1) is 23.7 Å². The van der Waals surface area contributed by atoms with E-state index in [4.69, 9.17) is 0 Å². The van der Waals surface area contributed by atoms with Gasteiger partial charge in [-0.05, 0) is 63.2 Å². The highest BCUT2D eigenvalue weighted by atomic mass is 35.5. The number of amides is 1. The molecule has 2 heterocycles. The van der Waals surface area contributed by atoms with Crippen LogP contribution in [0.1, 0.15) is 45.8 Å². The summed E-state index contributed by atoms with van der Waals surface area (Å²) in [5, 5.41) is 3.22. The minimum atomic E-state index is 0. The molecular weight excluding hydrogens is 304 g/mol. The fraction of sp³-hybridized carbons (Fsp3) is 0.688. The molecule has 1 aliphatic heterocycles. The van der Waals surface area contributed by atoms with Crippen molar-refractivity contribution >= 4 is 29.7 Å². The number of rotatable bonds is 3. The summed E-state index contributed by atoms with van der Waals surface area (Å²) in [6.45, 7) is 2.86. The Hall–Kier alpha value is -0.580. The largest absolute Gasteiger partial charge is 0.338 e. The summed E-state index contributed by atoms with van der Waals surface area (Å²) in [5.41, 5.74) is 1.45. The summed E-state index contributed by atoms with van der Waals surface area (Å²) in [6, 6.07) is 2.18. The van der Waals surface area contributed by atoms with Crippen LogP contribution in [0.15, 0.2) is 6.07 Å². The molecule has 5 heteroatoms. The first-order valence-corrected chi connectivity index (χ1v) is 8.65. The Morgan fingerprint density at radius 3 is 3.00 bits per heavy atom. The third kappa shape index (κ3) is 3.79. The third-order valence-electron chi connectivity index (χ3n) is 4.52. The van der Waals surface area contributed by atoms with Crippen molar-refractivity contribution in [3.63, 3.8) is 0 Å². The molecule has 1 atom stereocenters. The van der Waals surface area contributed by atoms with E-state index >= 15 is 0 Å². The van der Waals surface area contributed by atoms with Gasteiger partial charge in [-0.2, -0.15) is 0 Å². The number of nitrogens with one attached hydrogen (secondary N) is 1. The van der Waals surface area contributed by atoms with Crippen LogP contribution in [0.3, 0.4) is 0 Å². The Kier molecular flexibility index (Phi) is 6.08. The number of thiophene rings is 1. The van der Waals surface area contributed by atoms with Gasteiger partial charge >= 0.3 is 0 Å². The highest BCUT2D eigenvalue weighted by Crippen LogP contribution is 2.30. The molecule has 0 bridgehead atoms. The molecule has 1 unspecified atom stereocenters. The molecule has 118 valence electrons. The van der Waals surface area contributed by atoms with E-state index < -0.39 is 0 Å². The molecular formula is C16H25ClN2OS. The van der Waals surface area contributed by atoms with Crippen molar-refractivity contribution in [2.24, 2.45) is 5.92 Å². The molecule has 0 aromatic carbocycles. The van der Waals surface area contributed by atoms with Gasteiger partial charge in [0.05, 0.1) is 4.88 Å². The van der Waals surface area contributed by atoms with E-state index in [1.807, 2.05) is 11.9 Å². The number of nitrogens with zero attached hydrogens (tertiary/aromatic N) is 1. The predicted octanol–water partition coefficient (Wildman–Crippen LogP) is 3.12. The summed E-state index contributed by atoms with van der Waals surface area (Å²) in [7, 11) is 1.99. The molecule has 1 N–H and O–H groups in total. The second kappa shape index (κ2) is 7.61. The molecule has 1 saturated heterocycles. The van der Waals surface area contributed by atoms with Gasteiger partial charge in [0.25, 0.3) is 5.91 Å². The lowest BCUT2D eigenvalue weighted by atomic mass is 10.1. The van der Waals surface area contributed by atoms with E-state index in [-0.39, 0.29) is 18.3 Å².